The molecule has 1 unspecified atom stereocenters. The zero-order valence-corrected chi connectivity index (χ0v) is 6.00. The second kappa shape index (κ2) is 3.13. The van der Waals surface area contributed by atoms with E-state index in [0.717, 1.165) is 0 Å². The van der Waals surface area contributed by atoms with Gasteiger partial charge in [-0.05, 0) is 6.42 Å². The number of hydrogen-bond acceptors (Lipinski definition) is 2. The summed E-state index contributed by atoms with van der Waals surface area (Å²) in [6.07, 6.45) is 0.403. The molecule has 1 rings (SSSR count). The van der Waals surface area contributed by atoms with Crippen LogP contribution in [0, 0.1) is 11.3 Å². The van der Waals surface area contributed by atoms with Crippen LogP contribution in [0.25, 0.3) is 0 Å². The van der Waals surface area contributed by atoms with Gasteiger partial charge in [0.1, 0.15) is 6.07 Å². The molecule has 1 atom stereocenters. The number of nitriles is 1. The minimum absolute atomic E-state index is 0. The maximum atomic E-state index is 12.6. The van der Waals surface area contributed by atoms with Gasteiger partial charge in [-0.3, -0.25) is 0 Å². The minimum Gasteiger partial charge on any atom is -0.207 e. The predicted octanol–water partition coefficient (Wildman–Crippen LogP) is 1.58. The van der Waals surface area contributed by atoms with Crippen LogP contribution in [0.2, 0.25) is 0 Å². The number of nitrogens with zero attached hydrogens (tertiary/aromatic N) is 2. The molecule has 0 N–H and O–H groups in total. The van der Waals surface area contributed by atoms with Crippen molar-refractivity contribution in [3.63, 3.8) is 0 Å². The van der Waals surface area contributed by atoms with Crippen LogP contribution in [0.5, 0.6) is 0 Å². The molecule has 10 heavy (non-hydrogen) atoms. The van der Waals surface area contributed by atoms with Crippen LogP contribution in [-0.2, 0) is 0 Å². The predicted molar refractivity (Wildman–Crippen MR) is 33.7 cm³/mol. The van der Waals surface area contributed by atoms with Gasteiger partial charge in [-0.2, -0.15) is 5.26 Å². The first-order valence-electron chi connectivity index (χ1n) is 2.73. The standard InChI is InChI=1S/C5H6F2N2.ClH/c6-5(4-8)2-1-3-9(5)7;/h1-3H2;1H. The zero-order valence-electron chi connectivity index (χ0n) is 5.18. The van der Waals surface area contributed by atoms with Crippen molar-refractivity contribution in [3.8, 4) is 6.07 Å². The normalized spacial score (nSPS) is 32.9. The smallest absolute Gasteiger partial charge is 0.207 e. The van der Waals surface area contributed by atoms with Gasteiger partial charge in [0, 0.05) is 13.0 Å². The van der Waals surface area contributed by atoms with Gasteiger partial charge in [0.05, 0.1) is 0 Å². The highest BCUT2D eigenvalue weighted by Crippen LogP contribution is 2.29. The Morgan fingerprint density at radius 3 is 2.40 bits per heavy atom. The number of alkyl halides is 1. The molecular weight excluding hydrogens is 162 g/mol. The fourth-order valence-corrected chi connectivity index (χ4v) is 0.861. The summed E-state index contributed by atoms with van der Waals surface area (Å²) < 4.78 is 24.8. The highest BCUT2D eigenvalue weighted by molar-refractivity contribution is 5.85. The average Bonchev–Trinajstić information content (AvgIpc) is 2.15. The summed E-state index contributed by atoms with van der Waals surface area (Å²) in [5.74, 6) is -2.33. The van der Waals surface area contributed by atoms with Crippen molar-refractivity contribution < 1.29 is 8.87 Å². The van der Waals surface area contributed by atoms with Crippen molar-refractivity contribution in [2.45, 2.75) is 18.6 Å². The Kier molecular flexibility index (Phi) is 3.00. The summed E-state index contributed by atoms with van der Waals surface area (Å²) in [6.45, 7) is 0.0318. The summed E-state index contributed by atoms with van der Waals surface area (Å²) in [4.78, 5) is 0. The summed E-state index contributed by atoms with van der Waals surface area (Å²) in [5, 5.41) is 8.04. The monoisotopic (exact) mass is 168 g/mol. The van der Waals surface area contributed by atoms with Crippen molar-refractivity contribution in [2.24, 2.45) is 0 Å². The van der Waals surface area contributed by atoms with Gasteiger partial charge < -0.3 is 0 Å². The molecule has 1 saturated heterocycles. The first-order valence-corrected chi connectivity index (χ1v) is 2.73. The summed E-state index contributed by atoms with van der Waals surface area (Å²) in [5.41, 5.74) is 0. The molecule has 2 nitrogen and oxygen atoms in total. The van der Waals surface area contributed by atoms with Crippen LogP contribution >= 0.6 is 12.4 Å². The van der Waals surface area contributed by atoms with E-state index in [1.807, 2.05) is 0 Å². The molecule has 1 aliphatic heterocycles. The van der Waals surface area contributed by atoms with Gasteiger partial charge in [-0.15, -0.1) is 16.9 Å². The van der Waals surface area contributed by atoms with Crippen LogP contribution in [-0.4, -0.2) is 17.5 Å². The molecule has 0 aromatic carbocycles. The van der Waals surface area contributed by atoms with Gasteiger partial charge in [-0.1, -0.05) is 5.12 Å². The van der Waals surface area contributed by atoms with Gasteiger partial charge in [0.25, 0.3) is 5.79 Å². The second-order valence-electron chi connectivity index (χ2n) is 2.06. The molecule has 0 aromatic rings. The maximum absolute atomic E-state index is 12.6. The SMILES string of the molecule is Cl.N#CC1(F)CCCN1F. The lowest BCUT2D eigenvalue weighted by atomic mass is 10.2. The van der Waals surface area contributed by atoms with Crippen LogP contribution < -0.4 is 0 Å². The molecular formula is C5H7ClF2N2. The Morgan fingerprint density at radius 1 is 1.60 bits per heavy atom. The van der Waals surface area contributed by atoms with Crippen LogP contribution in [0.4, 0.5) is 8.87 Å². The van der Waals surface area contributed by atoms with Crippen molar-refractivity contribution >= 4 is 12.4 Å². The average molecular weight is 169 g/mol. The quantitative estimate of drug-likeness (QED) is 0.406. The van der Waals surface area contributed by atoms with E-state index in [0.29, 0.717) is 6.42 Å². The molecule has 1 heterocycles. The third-order valence-electron chi connectivity index (χ3n) is 1.42. The van der Waals surface area contributed by atoms with E-state index in [4.69, 9.17) is 5.26 Å². The molecule has 58 valence electrons. The third-order valence-corrected chi connectivity index (χ3v) is 1.42. The van der Waals surface area contributed by atoms with Crippen molar-refractivity contribution in [1.29, 1.82) is 5.26 Å². The largest absolute Gasteiger partial charge is 0.275 e. The first-order chi connectivity index (χ1) is 4.19. The highest BCUT2D eigenvalue weighted by atomic mass is 35.5. The van der Waals surface area contributed by atoms with Gasteiger partial charge in [0.2, 0.25) is 0 Å². The number of halogens is 3. The van der Waals surface area contributed by atoms with E-state index >= 15 is 0 Å². The van der Waals surface area contributed by atoms with Crippen LogP contribution in [0.15, 0.2) is 0 Å². The Bertz CT molecular complexity index is 158. The van der Waals surface area contributed by atoms with E-state index in [2.05, 4.69) is 0 Å². The topological polar surface area (TPSA) is 27.0 Å². The van der Waals surface area contributed by atoms with E-state index < -0.39 is 5.79 Å². The fourth-order valence-electron chi connectivity index (χ4n) is 0.861. The molecule has 5 heteroatoms. The van der Waals surface area contributed by atoms with E-state index in [9.17, 15) is 8.87 Å². The molecule has 0 aliphatic carbocycles. The molecule has 1 fully saturated rings. The van der Waals surface area contributed by atoms with Crippen molar-refractivity contribution in [2.75, 3.05) is 6.54 Å². The van der Waals surface area contributed by atoms with Crippen LogP contribution in [0.1, 0.15) is 12.8 Å². The molecule has 0 radical (unpaired) electrons. The molecule has 1 aliphatic rings. The number of hydrogen-bond donors (Lipinski definition) is 0. The fraction of sp³-hybridized carbons (Fsp3) is 0.800. The lowest BCUT2D eigenvalue weighted by Gasteiger charge is -2.13. The maximum Gasteiger partial charge on any atom is 0.275 e. The Hall–Kier alpha value is -0.400. The molecule has 0 aromatic heterocycles. The first kappa shape index (κ1) is 9.60. The van der Waals surface area contributed by atoms with Crippen molar-refractivity contribution in [1.82, 2.24) is 5.12 Å². The lowest BCUT2D eigenvalue weighted by molar-refractivity contribution is -0.0918. The zero-order chi connectivity index (χ0) is 6.91. The van der Waals surface area contributed by atoms with Crippen molar-refractivity contribution in [3.05, 3.63) is 0 Å². The Balaban J connectivity index is 0.000000810. The number of rotatable bonds is 0. The summed E-state index contributed by atoms with van der Waals surface area (Å²) in [6, 6.07) is 1.27. The van der Waals surface area contributed by atoms with Crippen LogP contribution in [0.3, 0.4) is 0 Å². The van der Waals surface area contributed by atoms with E-state index in [1.54, 1.807) is 0 Å². The van der Waals surface area contributed by atoms with Gasteiger partial charge in [0.15, 0.2) is 0 Å². The third kappa shape index (κ3) is 1.36. The summed E-state index contributed by atoms with van der Waals surface area (Å²) in [7, 11) is 0. The molecule has 0 saturated carbocycles. The lowest BCUT2D eigenvalue weighted by Crippen LogP contribution is -2.31. The minimum atomic E-state index is -2.33. The second-order valence-corrected chi connectivity index (χ2v) is 2.06. The van der Waals surface area contributed by atoms with E-state index in [-0.39, 0.29) is 30.5 Å². The molecule has 0 bridgehead atoms. The highest BCUT2D eigenvalue weighted by Gasteiger charge is 2.42. The Labute approximate surface area is 63.8 Å². The van der Waals surface area contributed by atoms with E-state index in [1.165, 1.54) is 6.07 Å². The molecule has 0 amide bonds. The molecule has 0 spiro atoms. The summed E-state index contributed by atoms with van der Waals surface area (Å²) >= 11 is 0. The Morgan fingerprint density at radius 2 is 2.20 bits per heavy atom. The van der Waals surface area contributed by atoms with Gasteiger partial charge in [-0.25, -0.2) is 4.39 Å². The van der Waals surface area contributed by atoms with Gasteiger partial charge >= 0.3 is 0 Å².